The summed E-state index contributed by atoms with van der Waals surface area (Å²) in [5.74, 6) is 0.955. The average Bonchev–Trinajstić information content (AvgIpc) is 2.84. The quantitative estimate of drug-likeness (QED) is 0.401. The van der Waals surface area contributed by atoms with Crippen molar-refractivity contribution in [3.63, 3.8) is 0 Å². The number of carbonyl (C=O) groups is 1. The second-order valence-electron chi connectivity index (χ2n) is 8.31. The van der Waals surface area contributed by atoms with Gasteiger partial charge in [-0.15, -0.1) is 0 Å². The molecule has 7 nitrogen and oxygen atoms in total. The van der Waals surface area contributed by atoms with Gasteiger partial charge < -0.3 is 14.8 Å². The molecular weight excluding hydrogens is 464 g/mol. The summed E-state index contributed by atoms with van der Waals surface area (Å²) >= 11 is 0. The molecule has 0 saturated heterocycles. The van der Waals surface area contributed by atoms with Gasteiger partial charge in [0.15, 0.2) is 11.5 Å². The maximum Gasteiger partial charge on any atom is 0.264 e. The van der Waals surface area contributed by atoms with Gasteiger partial charge in [-0.3, -0.25) is 9.10 Å². The van der Waals surface area contributed by atoms with E-state index < -0.39 is 10.0 Å². The molecule has 1 N–H and O–H groups in total. The summed E-state index contributed by atoms with van der Waals surface area (Å²) in [6.45, 7) is 3.91. The number of sulfonamides is 1. The number of aryl methyl sites for hydroxylation is 3. The van der Waals surface area contributed by atoms with Crippen LogP contribution < -0.4 is 19.1 Å². The van der Waals surface area contributed by atoms with Gasteiger partial charge in [0.1, 0.15) is 6.54 Å². The lowest BCUT2D eigenvalue weighted by Crippen LogP contribution is -2.41. The zero-order valence-corrected chi connectivity index (χ0v) is 21.4. The SMILES string of the molecule is COc1ccc(CCCNC(=O)CN(c2cc(C)cc(C)c2)S(=O)(=O)c2ccccc2)cc1OC. The number of methoxy groups -OCH3 is 2. The molecule has 0 bridgehead atoms. The first-order valence-electron chi connectivity index (χ1n) is 11.4. The molecule has 0 atom stereocenters. The molecule has 3 rings (SSSR count). The van der Waals surface area contributed by atoms with Gasteiger partial charge in [0.2, 0.25) is 5.91 Å². The van der Waals surface area contributed by atoms with Crippen molar-refractivity contribution >= 4 is 21.6 Å². The van der Waals surface area contributed by atoms with Crippen LogP contribution in [0, 0.1) is 13.8 Å². The van der Waals surface area contributed by atoms with Crippen LogP contribution in [0.25, 0.3) is 0 Å². The molecule has 0 heterocycles. The molecule has 0 aliphatic rings. The minimum Gasteiger partial charge on any atom is -0.493 e. The largest absolute Gasteiger partial charge is 0.493 e. The zero-order chi connectivity index (χ0) is 25.4. The standard InChI is InChI=1S/C27H32N2O5S/c1-20-15-21(2)17-23(16-20)29(35(31,32)24-10-6-5-7-11-24)19-27(30)28-14-8-9-22-12-13-25(33-3)26(18-22)34-4/h5-7,10-13,15-18H,8-9,14,19H2,1-4H3,(H,28,30). The highest BCUT2D eigenvalue weighted by Gasteiger charge is 2.27. The number of nitrogens with zero attached hydrogens (tertiary/aromatic N) is 1. The second kappa shape index (κ2) is 11.8. The first-order chi connectivity index (χ1) is 16.7. The fraction of sp³-hybridized carbons (Fsp3) is 0.296. The van der Waals surface area contributed by atoms with Gasteiger partial charge in [-0.05, 0) is 79.8 Å². The predicted octanol–water partition coefficient (Wildman–Crippen LogP) is 4.26. The van der Waals surface area contributed by atoms with E-state index >= 15 is 0 Å². The highest BCUT2D eigenvalue weighted by molar-refractivity contribution is 7.92. The molecule has 3 aromatic carbocycles. The van der Waals surface area contributed by atoms with E-state index in [2.05, 4.69) is 5.32 Å². The Morgan fingerprint density at radius 3 is 2.17 bits per heavy atom. The minimum atomic E-state index is -3.92. The lowest BCUT2D eigenvalue weighted by Gasteiger charge is -2.25. The van der Waals surface area contributed by atoms with E-state index in [1.165, 1.54) is 16.4 Å². The van der Waals surface area contributed by atoms with Crippen LogP contribution >= 0.6 is 0 Å². The van der Waals surface area contributed by atoms with Crippen molar-refractivity contribution in [1.82, 2.24) is 5.32 Å². The third kappa shape index (κ3) is 6.76. The number of amides is 1. The molecule has 0 fully saturated rings. The number of benzene rings is 3. The Labute approximate surface area is 207 Å². The van der Waals surface area contributed by atoms with Gasteiger partial charge >= 0.3 is 0 Å². The van der Waals surface area contributed by atoms with Crippen molar-refractivity contribution in [2.45, 2.75) is 31.6 Å². The predicted molar refractivity (Wildman–Crippen MR) is 138 cm³/mol. The molecular formula is C27H32N2O5S. The fourth-order valence-corrected chi connectivity index (χ4v) is 5.30. The molecule has 0 unspecified atom stereocenters. The number of anilines is 1. The monoisotopic (exact) mass is 496 g/mol. The smallest absolute Gasteiger partial charge is 0.264 e. The molecule has 1 amide bonds. The Balaban J connectivity index is 1.69. The molecule has 0 saturated carbocycles. The molecule has 3 aromatic rings. The van der Waals surface area contributed by atoms with Gasteiger partial charge in [-0.25, -0.2) is 8.42 Å². The molecule has 35 heavy (non-hydrogen) atoms. The lowest BCUT2D eigenvalue weighted by atomic mass is 10.1. The van der Waals surface area contributed by atoms with Crippen LogP contribution in [0.4, 0.5) is 5.69 Å². The summed E-state index contributed by atoms with van der Waals surface area (Å²) in [5.41, 5.74) is 3.36. The van der Waals surface area contributed by atoms with Crippen LogP contribution in [-0.2, 0) is 21.2 Å². The number of carbonyl (C=O) groups excluding carboxylic acids is 1. The number of rotatable bonds is 11. The van der Waals surface area contributed by atoms with E-state index in [-0.39, 0.29) is 17.3 Å². The normalized spacial score (nSPS) is 11.1. The van der Waals surface area contributed by atoms with E-state index in [1.54, 1.807) is 44.6 Å². The first-order valence-corrected chi connectivity index (χ1v) is 12.8. The zero-order valence-electron chi connectivity index (χ0n) is 20.6. The van der Waals surface area contributed by atoms with Gasteiger partial charge in [0, 0.05) is 6.54 Å². The van der Waals surface area contributed by atoms with Crippen LogP contribution in [0.5, 0.6) is 11.5 Å². The van der Waals surface area contributed by atoms with Crippen molar-refractivity contribution in [3.8, 4) is 11.5 Å². The summed E-state index contributed by atoms with van der Waals surface area (Å²) in [4.78, 5) is 13.0. The van der Waals surface area contributed by atoms with Crippen molar-refractivity contribution in [3.05, 3.63) is 83.4 Å². The Kier molecular flexibility index (Phi) is 8.76. The van der Waals surface area contributed by atoms with Gasteiger partial charge in [-0.1, -0.05) is 30.3 Å². The lowest BCUT2D eigenvalue weighted by molar-refractivity contribution is -0.119. The number of hydrogen-bond acceptors (Lipinski definition) is 5. The van der Waals surface area contributed by atoms with E-state index in [0.717, 1.165) is 23.1 Å². The third-order valence-electron chi connectivity index (χ3n) is 5.53. The first kappa shape index (κ1) is 26.1. The maximum absolute atomic E-state index is 13.4. The fourth-order valence-electron chi connectivity index (χ4n) is 3.87. The van der Waals surface area contributed by atoms with Crippen molar-refractivity contribution in [2.24, 2.45) is 0 Å². The van der Waals surface area contributed by atoms with E-state index in [1.807, 2.05) is 38.1 Å². The van der Waals surface area contributed by atoms with Crippen LogP contribution in [-0.4, -0.2) is 41.6 Å². The van der Waals surface area contributed by atoms with E-state index in [4.69, 9.17) is 9.47 Å². The molecule has 0 aromatic heterocycles. The van der Waals surface area contributed by atoms with Gasteiger partial charge in [0.05, 0.1) is 24.8 Å². The van der Waals surface area contributed by atoms with E-state index in [0.29, 0.717) is 30.2 Å². The molecule has 186 valence electrons. The summed E-state index contributed by atoms with van der Waals surface area (Å²) in [6, 6.07) is 19.4. The van der Waals surface area contributed by atoms with Crippen molar-refractivity contribution in [1.29, 1.82) is 0 Å². The third-order valence-corrected chi connectivity index (χ3v) is 7.31. The topological polar surface area (TPSA) is 84.9 Å². The van der Waals surface area contributed by atoms with Crippen LogP contribution in [0.15, 0.2) is 71.6 Å². The highest BCUT2D eigenvalue weighted by Crippen LogP contribution is 2.28. The molecule has 0 aliphatic heterocycles. The summed E-state index contributed by atoms with van der Waals surface area (Å²) in [5, 5.41) is 2.86. The Morgan fingerprint density at radius 1 is 0.886 bits per heavy atom. The minimum absolute atomic E-state index is 0.139. The summed E-state index contributed by atoms with van der Waals surface area (Å²) < 4.78 is 38.7. The molecule has 0 spiro atoms. The number of ether oxygens (including phenoxy) is 2. The molecule has 0 radical (unpaired) electrons. The Morgan fingerprint density at radius 2 is 1.54 bits per heavy atom. The average molecular weight is 497 g/mol. The van der Waals surface area contributed by atoms with Crippen LogP contribution in [0.3, 0.4) is 0 Å². The van der Waals surface area contributed by atoms with Crippen LogP contribution in [0.2, 0.25) is 0 Å². The number of nitrogens with one attached hydrogen (secondary N) is 1. The Bertz CT molecular complexity index is 1240. The Hall–Kier alpha value is -3.52. The summed E-state index contributed by atoms with van der Waals surface area (Å²) in [7, 11) is -0.744. The van der Waals surface area contributed by atoms with Gasteiger partial charge in [-0.2, -0.15) is 0 Å². The molecule has 0 aliphatic carbocycles. The second-order valence-corrected chi connectivity index (χ2v) is 10.2. The van der Waals surface area contributed by atoms with Gasteiger partial charge in [0.25, 0.3) is 10.0 Å². The van der Waals surface area contributed by atoms with E-state index in [9.17, 15) is 13.2 Å². The summed E-state index contributed by atoms with van der Waals surface area (Å²) in [6.07, 6.45) is 1.42. The maximum atomic E-state index is 13.4. The van der Waals surface area contributed by atoms with Crippen molar-refractivity contribution in [2.75, 3.05) is 31.6 Å². The number of hydrogen-bond donors (Lipinski definition) is 1. The highest BCUT2D eigenvalue weighted by atomic mass is 32.2. The van der Waals surface area contributed by atoms with Crippen LogP contribution in [0.1, 0.15) is 23.1 Å². The molecule has 8 heteroatoms. The van der Waals surface area contributed by atoms with Crippen molar-refractivity contribution < 1.29 is 22.7 Å².